The van der Waals surface area contributed by atoms with E-state index in [0.717, 1.165) is 5.56 Å². The predicted octanol–water partition coefficient (Wildman–Crippen LogP) is 2.31. The predicted molar refractivity (Wildman–Crippen MR) is 95.6 cm³/mol. The lowest BCUT2D eigenvalue weighted by molar-refractivity contribution is 0.0689. The van der Waals surface area contributed by atoms with Crippen LogP contribution in [0.25, 0.3) is 5.69 Å². The van der Waals surface area contributed by atoms with Gasteiger partial charge in [-0.2, -0.15) is 0 Å². The molecule has 0 aliphatic rings. The number of carboxylic acid groups (broad SMARTS) is 1. The third kappa shape index (κ3) is 3.61. The molecule has 1 aromatic heterocycles. The second-order valence-corrected chi connectivity index (χ2v) is 5.67. The number of nitrogens with zero attached hydrogens (tertiary/aromatic N) is 3. The van der Waals surface area contributed by atoms with E-state index in [1.54, 1.807) is 24.3 Å². The summed E-state index contributed by atoms with van der Waals surface area (Å²) in [5.41, 5.74) is 2.52. The summed E-state index contributed by atoms with van der Waals surface area (Å²) in [5, 5.41) is 20.0. The Hall–Kier alpha value is -3.48. The van der Waals surface area contributed by atoms with Crippen LogP contribution >= 0.6 is 0 Å². The Bertz CT molecular complexity index is 918. The fraction of sp³-hybridized carbons (Fsp3) is 0.158. The van der Waals surface area contributed by atoms with Crippen LogP contribution in [0, 0.1) is 0 Å². The fourth-order valence-electron chi connectivity index (χ4n) is 2.64. The highest BCUT2D eigenvalue weighted by molar-refractivity contribution is 5.94. The van der Waals surface area contributed by atoms with Gasteiger partial charge < -0.3 is 10.4 Å². The molecule has 1 amide bonds. The highest BCUT2D eigenvalue weighted by Crippen LogP contribution is 2.18. The van der Waals surface area contributed by atoms with Crippen molar-refractivity contribution in [1.29, 1.82) is 0 Å². The summed E-state index contributed by atoms with van der Waals surface area (Å²) >= 11 is 0. The first-order valence-corrected chi connectivity index (χ1v) is 8.20. The van der Waals surface area contributed by atoms with Gasteiger partial charge in [-0.15, -0.1) is 5.10 Å². The summed E-state index contributed by atoms with van der Waals surface area (Å²) in [7, 11) is 0. The van der Waals surface area contributed by atoms with Crippen LogP contribution in [0.15, 0.2) is 54.6 Å². The smallest absolute Gasteiger partial charge is 0.358 e. The molecule has 0 saturated carbocycles. The summed E-state index contributed by atoms with van der Waals surface area (Å²) in [6.45, 7) is 2.40. The van der Waals surface area contributed by atoms with Gasteiger partial charge in [-0.1, -0.05) is 35.5 Å². The molecule has 2 N–H and O–H groups in total. The first-order valence-electron chi connectivity index (χ1n) is 8.20. The maximum atomic E-state index is 11.9. The van der Waals surface area contributed by atoms with E-state index in [-0.39, 0.29) is 11.6 Å². The maximum absolute atomic E-state index is 11.9. The van der Waals surface area contributed by atoms with Crippen LogP contribution < -0.4 is 5.32 Å². The number of benzene rings is 2. The Morgan fingerprint density at radius 2 is 1.77 bits per heavy atom. The minimum atomic E-state index is -1.12. The first-order chi connectivity index (χ1) is 12.6. The molecule has 132 valence electrons. The van der Waals surface area contributed by atoms with Crippen molar-refractivity contribution in [2.75, 3.05) is 6.54 Å². The second-order valence-electron chi connectivity index (χ2n) is 5.67. The van der Waals surface area contributed by atoms with Crippen LogP contribution in [-0.2, 0) is 6.42 Å². The Morgan fingerprint density at radius 3 is 2.38 bits per heavy atom. The Balaban J connectivity index is 1.97. The number of aromatic carboxylic acids is 1. The van der Waals surface area contributed by atoms with Crippen molar-refractivity contribution in [3.8, 4) is 5.69 Å². The van der Waals surface area contributed by atoms with E-state index >= 15 is 0 Å². The number of carbonyl (C=O) groups is 2. The van der Waals surface area contributed by atoms with Crippen molar-refractivity contribution in [2.24, 2.45) is 0 Å². The maximum Gasteiger partial charge on any atom is 0.358 e. The van der Waals surface area contributed by atoms with Gasteiger partial charge in [0.05, 0.1) is 11.4 Å². The third-order valence-corrected chi connectivity index (χ3v) is 3.89. The standard InChI is InChI=1S/C19H18N4O3/c1-2-20-18(24)14-8-10-15(11-9-14)23-16(17(19(25)26)21-22-23)12-13-6-4-3-5-7-13/h3-11H,2,12H2,1H3,(H,20,24)(H,25,26). The Kier molecular flexibility index (Phi) is 5.07. The highest BCUT2D eigenvalue weighted by Gasteiger charge is 2.20. The van der Waals surface area contributed by atoms with Crippen LogP contribution in [0.3, 0.4) is 0 Å². The van der Waals surface area contributed by atoms with Crippen molar-refractivity contribution in [2.45, 2.75) is 13.3 Å². The van der Waals surface area contributed by atoms with Crippen molar-refractivity contribution in [1.82, 2.24) is 20.3 Å². The van der Waals surface area contributed by atoms with Gasteiger partial charge in [0, 0.05) is 18.5 Å². The van der Waals surface area contributed by atoms with Gasteiger partial charge in [-0.05, 0) is 36.8 Å². The van der Waals surface area contributed by atoms with E-state index in [1.165, 1.54) is 4.68 Å². The molecule has 7 nitrogen and oxygen atoms in total. The van der Waals surface area contributed by atoms with Gasteiger partial charge in [0.15, 0.2) is 5.69 Å². The topological polar surface area (TPSA) is 97.1 Å². The summed E-state index contributed by atoms with van der Waals surface area (Å²) in [6, 6.07) is 16.3. The molecule has 3 rings (SSSR count). The lowest BCUT2D eigenvalue weighted by atomic mass is 10.1. The van der Waals surface area contributed by atoms with Gasteiger partial charge in [-0.25, -0.2) is 9.48 Å². The van der Waals surface area contributed by atoms with E-state index in [1.807, 2.05) is 37.3 Å². The number of carboxylic acids is 1. The van der Waals surface area contributed by atoms with Crippen molar-refractivity contribution >= 4 is 11.9 Å². The quantitative estimate of drug-likeness (QED) is 0.711. The molecule has 3 aromatic rings. The van der Waals surface area contributed by atoms with Gasteiger partial charge in [0.25, 0.3) is 5.91 Å². The van der Waals surface area contributed by atoms with Crippen LogP contribution in [-0.4, -0.2) is 38.5 Å². The summed E-state index contributed by atoms with van der Waals surface area (Å²) < 4.78 is 1.50. The number of amides is 1. The van der Waals surface area contributed by atoms with Gasteiger partial charge in [0.2, 0.25) is 0 Å². The lowest BCUT2D eigenvalue weighted by Gasteiger charge is -2.08. The number of hydrogen-bond acceptors (Lipinski definition) is 4. The number of hydrogen-bond donors (Lipinski definition) is 2. The van der Waals surface area contributed by atoms with Crippen LogP contribution in [0.1, 0.15) is 39.0 Å². The lowest BCUT2D eigenvalue weighted by Crippen LogP contribution is -2.22. The van der Waals surface area contributed by atoms with Crippen molar-refractivity contribution in [3.63, 3.8) is 0 Å². The molecule has 2 aromatic carbocycles. The van der Waals surface area contributed by atoms with Gasteiger partial charge >= 0.3 is 5.97 Å². The normalized spacial score (nSPS) is 10.5. The zero-order valence-corrected chi connectivity index (χ0v) is 14.2. The second kappa shape index (κ2) is 7.60. The summed E-state index contributed by atoms with van der Waals surface area (Å²) in [5.74, 6) is -1.28. The van der Waals surface area contributed by atoms with Crippen molar-refractivity contribution in [3.05, 3.63) is 77.1 Å². The molecule has 0 aliphatic heterocycles. The molecule has 0 saturated heterocycles. The zero-order chi connectivity index (χ0) is 18.5. The van der Waals surface area contributed by atoms with Crippen LogP contribution in [0.5, 0.6) is 0 Å². The van der Waals surface area contributed by atoms with E-state index < -0.39 is 5.97 Å². The van der Waals surface area contributed by atoms with Gasteiger partial charge in [0.1, 0.15) is 0 Å². The SMILES string of the molecule is CCNC(=O)c1ccc(-n2nnc(C(=O)O)c2Cc2ccccc2)cc1. The van der Waals surface area contributed by atoms with Gasteiger partial charge in [-0.3, -0.25) is 4.79 Å². The molecule has 0 unspecified atom stereocenters. The minimum Gasteiger partial charge on any atom is -0.476 e. The molecule has 0 spiro atoms. The van der Waals surface area contributed by atoms with E-state index in [9.17, 15) is 14.7 Å². The monoisotopic (exact) mass is 350 g/mol. The Labute approximate surface area is 150 Å². The van der Waals surface area contributed by atoms with E-state index in [2.05, 4.69) is 15.6 Å². The summed E-state index contributed by atoms with van der Waals surface area (Å²) in [6.07, 6.45) is 0.382. The molecular weight excluding hydrogens is 332 g/mol. The molecule has 0 fully saturated rings. The van der Waals surface area contributed by atoms with Crippen LogP contribution in [0.2, 0.25) is 0 Å². The molecule has 0 atom stereocenters. The number of carbonyl (C=O) groups excluding carboxylic acids is 1. The molecule has 0 radical (unpaired) electrons. The molecule has 7 heteroatoms. The van der Waals surface area contributed by atoms with Crippen LogP contribution in [0.4, 0.5) is 0 Å². The zero-order valence-electron chi connectivity index (χ0n) is 14.2. The number of nitrogens with one attached hydrogen (secondary N) is 1. The first kappa shape index (κ1) is 17.3. The molecule has 0 bridgehead atoms. The average molecular weight is 350 g/mol. The Morgan fingerprint density at radius 1 is 1.08 bits per heavy atom. The minimum absolute atomic E-state index is 0.0818. The number of rotatable bonds is 6. The van der Waals surface area contributed by atoms with E-state index in [0.29, 0.717) is 29.9 Å². The highest BCUT2D eigenvalue weighted by atomic mass is 16.4. The van der Waals surface area contributed by atoms with E-state index in [4.69, 9.17) is 0 Å². The molecule has 0 aliphatic carbocycles. The summed E-state index contributed by atoms with van der Waals surface area (Å²) in [4.78, 5) is 23.4. The fourth-order valence-corrected chi connectivity index (χ4v) is 2.64. The average Bonchev–Trinajstić information content (AvgIpc) is 3.06. The molecule has 1 heterocycles. The third-order valence-electron chi connectivity index (χ3n) is 3.89. The van der Waals surface area contributed by atoms with Crippen molar-refractivity contribution < 1.29 is 14.7 Å². The molecule has 26 heavy (non-hydrogen) atoms. The largest absolute Gasteiger partial charge is 0.476 e. The number of aromatic nitrogens is 3. The molecular formula is C19H18N4O3.